The van der Waals surface area contributed by atoms with Crippen molar-refractivity contribution in [2.75, 3.05) is 48.4 Å². The molecule has 2 aromatic carbocycles. The zero-order valence-electron chi connectivity index (χ0n) is 37.8. The lowest BCUT2D eigenvalue weighted by molar-refractivity contribution is -0.153. The first-order chi connectivity index (χ1) is 32.1. The number of likely N-dealkylation sites (tertiary alicyclic amines) is 1. The van der Waals surface area contributed by atoms with Gasteiger partial charge in [-0.2, -0.15) is 14.7 Å². The highest BCUT2D eigenvalue weighted by Crippen LogP contribution is 2.32. The number of anilines is 4. The number of carboxylic acids is 3. The Balaban J connectivity index is 0.000000255. The van der Waals surface area contributed by atoms with Crippen molar-refractivity contribution in [3.63, 3.8) is 0 Å². The summed E-state index contributed by atoms with van der Waals surface area (Å²) in [7, 11) is -2.28. The Labute approximate surface area is 392 Å². The van der Waals surface area contributed by atoms with E-state index in [0.717, 1.165) is 17.7 Å². The molecule has 1 saturated heterocycles. The van der Waals surface area contributed by atoms with Crippen molar-refractivity contribution in [3.8, 4) is 0 Å². The summed E-state index contributed by atoms with van der Waals surface area (Å²) in [6.07, 6.45) is 3.14. The molecule has 0 bridgehead atoms. The molecular formula is C43H58N14O10S. The maximum Gasteiger partial charge on any atom is 0.326 e. The molecule has 0 radical (unpaired) electrons. The molecule has 68 heavy (non-hydrogen) atoms. The number of hydrogen-bond donors (Lipinski definition) is 10. The van der Waals surface area contributed by atoms with Crippen LogP contribution in [0.5, 0.6) is 0 Å². The lowest BCUT2D eigenvalue weighted by Crippen LogP contribution is -2.56. The van der Waals surface area contributed by atoms with Crippen LogP contribution in [0.2, 0.25) is 0 Å². The highest BCUT2D eigenvalue weighted by molar-refractivity contribution is 7.89. The number of aromatic nitrogens is 4. The second-order valence-corrected chi connectivity index (χ2v) is 18.5. The summed E-state index contributed by atoms with van der Waals surface area (Å²) in [5, 5.41) is 33.2. The van der Waals surface area contributed by atoms with Crippen molar-refractivity contribution in [2.45, 2.75) is 88.4 Å². The number of rotatable bonds is 18. The number of carbonyl (C=O) groups is 5. The van der Waals surface area contributed by atoms with Crippen LogP contribution in [-0.2, 0) is 42.2 Å². The first-order valence-electron chi connectivity index (χ1n) is 21.7. The molecule has 1 fully saturated rings. The molecule has 5 atom stereocenters. The summed E-state index contributed by atoms with van der Waals surface area (Å²) < 4.78 is 29.5. The van der Waals surface area contributed by atoms with Crippen molar-refractivity contribution < 1.29 is 47.7 Å². The van der Waals surface area contributed by atoms with Crippen LogP contribution in [0.3, 0.4) is 0 Å². The second kappa shape index (κ2) is 22.9. The first kappa shape index (κ1) is 51.6. The number of piperidine rings is 1. The number of guanidine groups is 1. The predicted molar refractivity (Wildman–Crippen MR) is 252 cm³/mol. The standard InChI is InChI=1S/C23H36N6O5S.C20H22N8O5/c1-14-8-10-29(18(12-14)22(31)32)21(30)17(6-4-9-26-23(24)25)28-35(33,34)19-7-3-5-16-11-15(2)13-27-20(16)19;1-28(9-11-8-23-17-15(24-11)16(21)26-20(22)27-17)12-4-2-10(3-5-12)18(31)25-13(19(32)33)6-7-14(29)30/h3,5,7,14-15,17-18,27-28H,4,6,8-13H2,1-2H3,(H,31,32)(H4,24,25,26);2-5,8,13H,6-7,9H2,1H3,(H,25,31)(H,29,30)(H,32,33)(H4,21,22,23,26,27)/t14-,15?,17?,18-;13-/m10/s1. The molecule has 0 spiro atoms. The third-order valence-corrected chi connectivity index (χ3v) is 12.8. The summed E-state index contributed by atoms with van der Waals surface area (Å²) in [5.74, 6) is -4.13. The Morgan fingerprint density at radius 1 is 0.971 bits per heavy atom. The Morgan fingerprint density at radius 2 is 1.69 bits per heavy atom. The summed E-state index contributed by atoms with van der Waals surface area (Å²) in [6, 6.07) is 8.10. The molecule has 4 heterocycles. The molecule has 0 saturated carbocycles. The SMILES string of the molecule is CC1CNc2c(cccc2S(=O)(=O)NC(CCCN=C(N)N)C(=O)N2CC[C@@H](C)C[C@@H]2C(=O)O)C1.CN(Cc1cnc2nc(N)nc(N)c2n1)c1ccc(C(=O)N[C@@H](CCC(=O)O)C(=O)O)cc1. The third-order valence-electron chi connectivity index (χ3n) is 11.3. The quantitative estimate of drug-likeness (QED) is 0.0377. The van der Waals surface area contributed by atoms with Crippen LogP contribution in [0.4, 0.5) is 23.1 Å². The van der Waals surface area contributed by atoms with E-state index >= 15 is 0 Å². The van der Waals surface area contributed by atoms with Gasteiger partial charge in [-0.15, -0.1) is 0 Å². The number of nitrogens with one attached hydrogen (secondary N) is 3. The molecule has 2 aliphatic heterocycles. The number of carboxylic acid groups (broad SMARTS) is 3. The smallest absolute Gasteiger partial charge is 0.326 e. The van der Waals surface area contributed by atoms with Crippen molar-refractivity contribution >= 4 is 80.0 Å². The molecule has 2 aromatic heterocycles. The number of nitrogen functional groups attached to an aromatic ring is 2. The van der Waals surface area contributed by atoms with E-state index in [4.69, 9.17) is 28.0 Å². The minimum Gasteiger partial charge on any atom is -0.481 e. The van der Waals surface area contributed by atoms with Crippen molar-refractivity contribution in [3.05, 3.63) is 65.5 Å². The lowest BCUT2D eigenvalue weighted by Gasteiger charge is -2.38. The first-order valence-corrected chi connectivity index (χ1v) is 23.2. The van der Waals surface area contributed by atoms with Gasteiger partial charge in [0, 0.05) is 44.4 Å². The van der Waals surface area contributed by atoms with Gasteiger partial charge in [0.15, 0.2) is 22.9 Å². The highest BCUT2D eigenvalue weighted by atomic mass is 32.2. The van der Waals surface area contributed by atoms with Crippen molar-refractivity contribution in [1.29, 1.82) is 0 Å². The van der Waals surface area contributed by atoms with E-state index in [1.165, 1.54) is 23.1 Å². The number of nitrogens with zero attached hydrogens (tertiary/aromatic N) is 7. The van der Waals surface area contributed by atoms with Crippen LogP contribution in [-0.4, -0.2) is 129 Å². The van der Waals surface area contributed by atoms with E-state index in [2.05, 4.69) is 47.2 Å². The molecule has 2 amide bonds. The van der Waals surface area contributed by atoms with Crippen LogP contribution in [0.15, 0.2) is 58.5 Å². The van der Waals surface area contributed by atoms with E-state index < -0.39 is 57.9 Å². The molecule has 0 aliphatic carbocycles. The number of carbonyl (C=O) groups excluding carboxylic acids is 2. The fraction of sp³-hybridized carbons (Fsp3) is 0.442. The van der Waals surface area contributed by atoms with Gasteiger partial charge in [-0.3, -0.25) is 19.4 Å². The van der Waals surface area contributed by atoms with Gasteiger partial charge in [0.2, 0.25) is 21.9 Å². The number of nitrogens with two attached hydrogens (primary N) is 4. The monoisotopic (exact) mass is 962 g/mol. The molecule has 24 nitrogen and oxygen atoms in total. The average Bonchev–Trinajstić information content (AvgIpc) is 3.28. The zero-order chi connectivity index (χ0) is 49.9. The number of fused-ring (bicyclic) bond motifs is 2. The van der Waals surface area contributed by atoms with Gasteiger partial charge in [0.1, 0.15) is 23.0 Å². The fourth-order valence-electron chi connectivity index (χ4n) is 7.75. The maximum absolute atomic E-state index is 13.5. The van der Waals surface area contributed by atoms with Gasteiger partial charge in [-0.1, -0.05) is 26.0 Å². The maximum atomic E-state index is 13.5. The molecule has 2 unspecified atom stereocenters. The van der Waals surface area contributed by atoms with E-state index in [1.807, 2.05) is 24.9 Å². The van der Waals surface area contributed by atoms with Crippen LogP contribution in [0.1, 0.15) is 74.0 Å². The van der Waals surface area contributed by atoms with Gasteiger partial charge in [-0.25, -0.2) is 28.0 Å². The van der Waals surface area contributed by atoms with Gasteiger partial charge >= 0.3 is 17.9 Å². The van der Waals surface area contributed by atoms with E-state index in [0.29, 0.717) is 60.8 Å². The normalized spacial score (nSPS) is 17.5. The van der Waals surface area contributed by atoms with E-state index in [-0.39, 0.29) is 66.5 Å². The zero-order valence-corrected chi connectivity index (χ0v) is 38.6. The number of para-hydroxylation sites is 1. The number of amides is 2. The molecule has 6 rings (SSSR count). The van der Waals surface area contributed by atoms with E-state index in [9.17, 15) is 42.6 Å². The summed E-state index contributed by atoms with van der Waals surface area (Å²) in [4.78, 5) is 83.4. The topological polar surface area (TPSA) is 391 Å². The number of benzene rings is 2. The molecule has 25 heteroatoms. The fourth-order valence-corrected chi connectivity index (χ4v) is 9.20. The Morgan fingerprint density at radius 3 is 2.35 bits per heavy atom. The average molecular weight is 963 g/mol. The van der Waals surface area contributed by atoms with Crippen molar-refractivity contribution in [2.24, 2.45) is 28.3 Å². The van der Waals surface area contributed by atoms with E-state index in [1.54, 1.807) is 24.4 Å². The summed E-state index contributed by atoms with van der Waals surface area (Å²) >= 11 is 0. The Bertz CT molecular complexity index is 2630. The van der Waals surface area contributed by atoms with Gasteiger partial charge in [-0.05, 0) is 86.3 Å². The number of hydrogen-bond acceptors (Lipinski definition) is 16. The largest absolute Gasteiger partial charge is 0.481 e. The Kier molecular flexibility index (Phi) is 17.3. The van der Waals surface area contributed by atoms with Gasteiger partial charge in [0.05, 0.1) is 24.1 Å². The lowest BCUT2D eigenvalue weighted by atomic mass is 9.91. The number of aliphatic imine (C=N–C) groups is 1. The highest BCUT2D eigenvalue weighted by Gasteiger charge is 2.39. The Hall–Kier alpha value is -7.41. The second-order valence-electron chi connectivity index (χ2n) is 16.8. The van der Waals surface area contributed by atoms with Crippen LogP contribution >= 0.6 is 0 Å². The predicted octanol–water partition coefficient (Wildman–Crippen LogP) is 0.971. The summed E-state index contributed by atoms with van der Waals surface area (Å²) in [5.41, 5.74) is 25.8. The van der Waals surface area contributed by atoms with Crippen LogP contribution in [0, 0.1) is 11.8 Å². The number of aliphatic carboxylic acids is 3. The molecule has 4 aromatic rings. The van der Waals surface area contributed by atoms with Crippen LogP contribution < -0.4 is 43.2 Å². The molecule has 14 N–H and O–H groups in total. The minimum atomic E-state index is -4.10. The molecule has 2 aliphatic rings. The number of sulfonamides is 1. The molecular weight excluding hydrogens is 905 g/mol. The van der Waals surface area contributed by atoms with Crippen molar-refractivity contribution in [1.82, 2.24) is 34.9 Å². The molecule has 366 valence electrons. The van der Waals surface area contributed by atoms with Gasteiger partial charge < -0.3 is 58.7 Å². The van der Waals surface area contributed by atoms with Crippen LogP contribution in [0.25, 0.3) is 11.2 Å². The third kappa shape index (κ3) is 13.8. The van der Waals surface area contributed by atoms with Gasteiger partial charge in [0.25, 0.3) is 5.91 Å². The summed E-state index contributed by atoms with van der Waals surface area (Å²) in [6.45, 7) is 5.51. The minimum absolute atomic E-state index is 0.0138.